The molecule has 2 aliphatic rings. The molecule has 0 saturated carbocycles. The second-order valence-electron chi connectivity index (χ2n) is 8.51. The van der Waals surface area contributed by atoms with Crippen molar-refractivity contribution in [3.63, 3.8) is 0 Å². The minimum Gasteiger partial charge on any atom is -0.459 e. The summed E-state index contributed by atoms with van der Waals surface area (Å²) in [6.45, 7) is 12.1. The standard InChI is InChI=1S/C26H30N2OS/c1-6-18-15-22-19(12-13-30-22)24-23(18)27-16-26(29-24)25(7-2,8-3)20-11-10-17(5)14-21(20)28(26)9-4/h10-16H,6-9H2,1-5H3. The van der Waals surface area contributed by atoms with Gasteiger partial charge in [-0.15, -0.1) is 11.3 Å². The van der Waals surface area contributed by atoms with Gasteiger partial charge in [0, 0.05) is 22.3 Å². The summed E-state index contributed by atoms with van der Waals surface area (Å²) < 4.78 is 8.48. The molecule has 3 nitrogen and oxygen atoms in total. The highest BCUT2D eigenvalue weighted by Gasteiger charge is 2.62. The van der Waals surface area contributed by atoms with Gasteiger partial charge in [0.2, 0.25) is 5.72 Å². The Labute approximate surface area is 183 Å². The third kappa shape index (κ3) is 2.29. The Kier molecular flexibility index (Phi) is 4.48. The van der Waals surface area contributed by atoms with Gasteiger partial charge in [-0.25, -0.2) is 0 Å². The lowest BCUT2D eigenvalue weighted by molar-refractivity contribution is 0.0556. The van der Waals surface area contributed by atoms with E-state index in [0.717, 1.165) is 37.2 Å². The molecule has 0 N–H and O–H groups in total. The molecule has 1 aromatic heterocycles. The summed E-state index contributed by atoms with van der Waals surface area (Å²) in [5.41, 5.74) is 5.50. The molecule has 1 unspecified atom stereocenters. The number of aliphatic imine (C=N–C) groups is 1. The number of anilines is 1. The number of likely N-dealkylation sites (N-methyl/N-ethyl adjacent to an activating group) is 1. The number of rotatable bonds is 4. The van der Waals surface area contributed by atoms with Crippen LogP contribution in [0.4, 0.5) is 11.4 Å². The number of fused-ring (bicyclic) bond motifs is 4. The maximum absolute atomic E-state index is 7.20. The lowest BCUT2D eigenvalue weighted by Crippen LogP contribution is -2.64. The molecule has 0 radical (unpaired) electrons. The fourth-order valence-corrected chi connectivity index (χ4v) is 6.61. The molecular formula is C26H30N2OS. The van der Waals surface area contributed by atoms with E-state index in [4.69, 9.17) is 9.73 Å². The zero-order valence-corrected chi connectivity index (χ0v) is 19.4. The van der Waals surface area contributed by atoms with Gasteiger partial charge in [-0.1, -0.05) is 32.9 Å². The van der Waals surface area contributed by atoms with Crippen LogP contribution in [0.3, 0.4) is 0 Å². The Morgan fingerprint density at radius 3 is 2.57 bits per heavy atom. The fourth-order valence-electron chi connectivity index (χ4n) is 5.76. The number of aryl methyl sites for hydroxylation is 2. The van der Waals surface area contributed by atoms with E-state index in [2.05, 4.69) is 81.4 Å². The monoisotopic (exact) mass is 418 g/mol. The van der Waals surface area contributed by atoms with Gasteiger partial charge in [-0.3, -0.25) is 4.99 Å². The largest absolute Gasteiger partial charge is 0.459 e. The van der Waals surface area contributed by atoms with Crippen LogP contribution in [-0.4, -0.2) is 18.5 Å². The van der Waals surface area contributed by atoms with Gasteiger partial charge in [0.1, 0.15) is 5.69 Å². The molecular weight excluding hydrogens is 388 g/mol. The van der Waals surface area contributed by atoms with Crippen LogP contribution in [0.25, 0.3) is 10.1 Å². The van der Waals surface area contributed by atoms with E-state index < -0.39 is 5.72 Å². The molecule has 0 bridgehead atoms. The molecule has 5 rings (SSSR count). The van der Waals surface area contributed by atoms with Crippen molar-refractivity contribution in [1.82, 2.24) is 0 Å². The number of nitrogens with zero attached hydrogens (tertiary/aromatic N) is 2. The second-order valence-corrected chi connectivity index (χ2v) is 9.46. The molecule has 30 heavy (non-hydrogen) atoms. The highest BCUT2D eigenvalue weighted by molar-refractivity contribution is 7.17. The summed E-state index contributed by atoms with van der Waals surface area (Å²) in [5.74, 6) is 0.961. The van der Waals surface area contributed by atoms with Crippen molar-refractivity contribution in [2.45, 2.75) is 65.0 Å². The molecule has 0 saturated heterocycles. The van der Waals surface area contributed by atoms with Crippen LogP contribution in [0.15, 0.2) is 40.7 Å². The van der Waals surface area contributed by atoms with Crippen LogP contribution in [0.5, 0.6) is 5.75 Å². The van der Waals surface area contributed by atoms with Gasteiger partial charge >= 0.3 is 0 Å². The number of benzene rings is 2. The van der Waals surface area contributed by atoms with Crippen molar-refractivity contribution < 1.29 is 4.74 Å². The van der Waals surface area contributed by atoms with E-state index in [1.165, 1.54) is 32.5 Å². The van der Waals surface area contributed by atoms with Crippen molar-refractivity contribution in [1.29, 1.82) is 0 Å². The van der Waals surface area contributed by atoms with Crippen LogP contribution >= 0.6 is 11.3 Å². The van der Waals surface area contributed by atoms with Gasteiger partial charge in [0.05, 0.1) is 11.6 Å². The highest BCUT2D eigenvalue weighted by atomic mass is 32.1. The summed E-state index contributed by atoms with van der Waals surface area (Å²) >= 11 is 1.78. The summed E-state index contributed by atoms with van der Waals surface area (Å²) in [6, 6.07) is 11.4. The summed E-state index contributed by atoms with van der Waals surface area (Å²) in [6.07, 6.45) is 5.07. The predicted octanol–water partition coefficient (Wildman–Crippen LogP) is 7.16. The Morgan fingerprint density at radius 2 is 1.87 bits per heavy atom. The maximum atomic E-state index is 7.20. The van der Waals surface area contributed by atoms with E-state index in [1.807, 2.05) is 0 Å². The van der Waals surface area contributed by atoms with Crippen LogP contribution in [0.2, 0.25) is 0 Å². The molecule has 3 heterocycles. The van der Waals surface area contributed by atoms with Crippen LogP contribution in [0, 0.1) is 6.92 Å². The fraction of sp³-hybridized carbons (Fsp3) is 0.423. The molecule has 4 heteroatoms. The molecule has 0 fully saturated rings. The van der Waals surface area contributed by atoms with Crippen LogP contribution in [-0.2, 0) is 11.8 Å². The van der Waals surface area contributed by atoms with E-state index in [9.17, 15) is 0 Å². The molecule has 0 aliphatic carbocycles. The number of ether oxygens (including phenoxy) is 1. The van der Waals surface area contributed by atoms with Crippen molar-refractivity contribution in [3.05, 3.63) is 52.4 Å². The predicted molar refractivity (Wildman–Crippen MR) is 129 cm³/mol. The van der Waals surface area contributed by atoms with Crippen LogP contribution < -0.4 is 9.64 Å². The van der Waals surface area contributed by atoms with Gasteiger partial charge in [-0.2, -0.15) is 0 Å². The first kappa shape index (κ1) is 19.6. The first-order chi connectivity index (χ1) is 14.5. The highest BCUT2D eigenvalue weighted by Crippen LogP contribution is 2.58. The van der Waals surface area contributed by atoms with Crippen molar-refractivity contribution in [3.8, 4) is 5.75 Å². The SMILES string of the molecule is CCc1cc2sccc2c2c1N=CC1(O2)N(CC)c2cc(C)ccc2C1(CC)CC. The number of hydrogen-bond donors (Lipinski definition) is 0. The van der Waals surface area contributed by atoms with Gasteiger partial charge in [-0.05, 0) is 73.4 Å². The van der Waals surface area contributed by atoms with Crippen molar-refractivity contribution in [2.24, 2.45) is 4.99 Å². The topological polar surface area (TPSA) is 24.8 Å². The molecule has 2 aromatic carbocycles. The molecule has 156 valence electrons. The van der Waals surface area contributed by atoms with Gasteiger partial charge in [0.25, 0.3) is 0 Å². The lowest BCUT2D eigenvalue weighted by atomic mass is 9.69. The third-order valence-corrected chi connectivity index (χ3v) is 8.21. The molecule has 1 atom stereocenters. The van der Waals surface area contributed by atoms with E-state index >= 15 is 0 Å². The molecule has 3 aromatic rings. The average Bonchev–Trinajstić information content (AvgIpc) is 3.32. The minimum atomic E-state index is -0.602. The Hall–Kier alpha value is -2.33. The third-order valence-electron chi connectivity index (χ3n) is 7.34. The Balaban J connectivity index is 1.81. The molecule has 0 amide bonds. The quantitative estimate of drug-likeness (QED) is 0.449. The molecule has 2 aliphatic heterocycles. The first-order valence-corrected chi connectivity index (χ1v) is 12.1. The normalized spacial score (nSPS) is 21.2. The van der Waals surface area contributed by atoms with Gasteiger partial charge in [0.15, 0.2) is 5.75 Å². The van der Waals surface area contributed by atoms with E-state index in [1.54, 1.807) is 11.3 Å². The van der Waals surface area contributed by atoms with Crippen molar-refractivity contribution in [2.75, 3.05) is 11.4 Å². The number of hydrogen-bond acceptors (Lipinski definition) is 4. The van der Waals surface area contributed by atoms with Crippen LogP contribution in [0.1, 0.15) is 57.2 Å². The summed E-state index contributed by atoms with van der Waals surface area (Å²) in [4.78, 5) is 7.59. The first-order valence-electron chi connectivity index (χ1n) is 11.2. The summed E-state index contributed by atoms with van der Waals surface area (Å²) in [5, 5.41) is 3.35. The second kappa shape index (κ2) is 6.84. The Bertz CT molecular complexity index is 1160. The Morgan fingerprint density at radius 1 is 1.07 bits per heavy atom. The lowest BCUT2D eigenvalue weighted by Gasteiger charge is -2.48. The maximum Gasteiger partial charge on any atom is 0.229 e. The molecule has 1 spiro atoms. The number of thiophene rings is 1. The van der Waals surface area contributed by atoms with E-state index in [0.29, 0.717) is 0 Å². The van der Waals surface area contributed by atoms with Gasteiger partial charge < -0.3 is 9.64 Å². The zero-order valence-electron chi connectivity index (χ0n) is 18.6. The van der Waals surface area contributed by atoms with Crippen molar-refractivity contribution >= 4 is 39.0 Å². The minimum absolute atomic E-state index is 0.141. The smallest absolute Gasteiger partial charge is 0.229 e. The zero-order chi connectivity index (χ0) is 21.1. The average molecular weight is 419 g/mol. The van der Waals surface area contributed by atoms with E-state index in [-0.39, 0.29) is 5.41 Å². The summed E-state index contributed by atoms with van der Waals surface area (Å²) in [7, 11) is 0.